The molecule has 0 bridgehead atoms. The van der Waals surface area contributed by atoms with Crippen LogP contribution in [0.25, 0.3) is 0 Å². The Morgan fingerprint density at radius 1 is 1.39 bits per heavy atom. The van der Waals surface area contributed by atoms with Crippen molar-refractivity contribution in [3.05, 3.63) is 59.0 Å². The van der Waals surface area contributed by atoms with Gasteiger partial charge in [0.1, 0.15) is 12.1 Å². The molecule has 0 spiro atoms. The number of nitrogens with zero attached hydrogens (tertiary/aromatic N) is 2. The van der Waals surface area contributed by atoms with Crippen molar-refractivity contribution >= 4 is 18.4 Å². The highest BCUT2D eigenvalue weighted by Gasteiger charge is 2.41. The lowest BCUT2D eigenvalue weighted by atomic mass is 9.74. The number of hydrogen-bond acceptors (Lipinski definition) is 3. The maximum atomic E-state index is 12.1. The van der Waals surface area contributed by atoms with Gasteiger partial charge in [-0.15, -0.1) is 0 Å². The molecule has 5 heteroatoms. The second-order valence-corrected chi connectivity index (χ2v) is 5.51. The van der Waals surface area contributed by atoms with Gasteiger partial charge in [-0.25, -0.2) is 0 Å². The molecular weight excluding hydrogens is 292 g/mol. The number of carboxylic acids is 1. The summed E-state index contributed by atoms with van der Waals surface area (Å²) in [7, 11) is 0. The zero-order valence-electron chi connectivity index (χ0n) is 13.5. The molecule has 0 saturated carbocycles. The van der Waals surface area contributed by atoms with Gasteiger partial charge in [-0.2, -0.15) is 4.74 Å². The van der Waals surface area contributed by atoms with Gasteiger partial charge in [0.25, 0.3) is 0 Å². The van der Waals surface area contributed by atoms with Crippen molar-refractivity contribution < 1.29 is 14.6 Å². The van der Waals surface area contributed by atoms with Gasteiger partial charge in [0.2, 0.25) is 5.70 Å². The number of allylic oxidation sites excluding steroid dienone is 2. The van der Waals surface area contributed by atoms with Crippen LogP contribution < -0.4 is 4.90 Å². The summed E-state index contributed by atoms with van der Waals surface area (Å²) in [5, 5.41) is 21.2. The number of anilines is 1. The van der Waals surface area contributed by atoms with Crippen LogP contribution in [-0.4, -0.2) is 35.6 Å². The normalized spacial score (nSPS) is 20.0. The Balaban J connectivity index is 2.56. The first-order chi connectivity index (χ1) is 11.0. The SMILES string of the molecule is C=[N+]([O-])C1=CCC(C(=O)O)(c2ccccc2N(CC)CC)C=C1. The minimum absolute atomic E-state index is 0.223. The van der Waals surface area contributed by atoms with E-state index < -0.39 is 11.4 Å². The van der Waals surface area contributed by atoms with Crippen molar-refractivity contribution in [3.8, 4) is 0 Å². The van der Waals surface area contributed by atoms with E-state index in [1.165, 1.54) is 6.08 Å². The molecule has 1 aliphatic carbocycles. The lowest BCUT2D eigenvalue weighted by Crippen LogP contribution is -2.37. The van der Waals surface area contributed by atoms with Crippen LogP contribution in [0.3, 0.4) is 0 Å². The molecule has 5 nitrogen and oxygen atoms in total. The van der Waals surface area contributed by atoms with E-state index in [-0.39, 0.29) is 6.42 Å². The Hall–Kier alpha value is -2.56. The van der Waals surface area contributed by atoms with Crippen molar-refractivity contribution in [2.24, 2.45) is 0 Å². The number of hydroxylamine groups is 1. The predicted molar refractivity (Wildman–Crippen MR) is 91.9 cm³/mol. The molecule has 0 heterocycles. The summed E-state index contributed by atoms with van der Waals surface area (Å²) in [4.78, 5) is 14.2. The Labute approximate surface area is 136 Å². The number of rotatable bonds is 6. The number of carbonyl (C=O) groups is 1. The fraction of sp³-hybridized carbons (Fsp3) is 0.333. The summed E-state index contributed by atoms with van der Waals surface area (Å²) >= 11 is 0. The summed E-state index contributed by atoms with van der Waals surface area (Å²) in [6, 6.07) is 7.56. The van der Waals surface area contributed by atoms with Gasteiger partial charge in [0.15, 0.2) is 0 Å². The fourth-order valence-electron chi connectivity index (χ4n) is 2.98. The third-order valence-corrected chi connectivity index (χ3v) is 4.33. The monoisotopic (exact) mass is 314 g/mol. The molecule has 1 atom stereocenters. The van der Waals surface area contributed by atoms with Crippen molar-refractivity contribution in [1.29, 1.82) is 0 Å². The van der Waals surface area contributed by atoms with Crippen LogP contribution in [0.15, 0.2) is 48.2 Å². The molecule has 0 saturated heterocycles. The van der Waals surface area contributed by atoms with Crippen molar-refractivity contribution in [3.63, 3.8) is 0 Å². The van der Waals surface area contributed by atoms with Crippen LogP contribution >= 0.6 is 0 Å². The van der Waals surface area contributed by atoms with Crippen molar-refractivity contribution in [1.82, 2.24) is 0 Å². The first-order valence-corrected chi connectivity index (χ1v) is 7.71. The average Bonchev–Trinajstić information content (AvgIpc) is 2.56. The van der Waals surface area contributed by atoms with Crippen LogP contribution in [0.4, 0.5) is 5.69 Å². The van der Waals surface area contributed by atoms with Crippen LogP contribution in [0.5, 0.6) is 0 Å². The molecule has 0 aromatic heterocycles. The molecule has 0 amide bonds. The second-order valence-electron chi connectivity index (χ2n) is 5.51. The lowest BCUT2D eigenvalue weighted by Gasteiger charge is -2.33. The maximum Gasteiger partial charge on any atom is 0.318 e. The molecular formula is C18H22N2O3. The van der Waals surface area contributed by atoms with Crippen LogP contribution in [0.1, 0.15) is 25.8 Å². The summed E-state index contributed by atoms with van der Waals surface area (Å²) < 4.78 is 0.499. The highest BCUT2D eigenvalue weighted by molar-refractivity contribution is 5.87. The van der Waals surface area contributed by atoms with E-state index in [4.69, 9.17) is 0 Å². The van der Waals surface area contributed by atoms with Gasteiger partial charge >= 0.3 is 5.97 Å². The molecule has 0 aliphatic heterocycles. The Morgan fingerprint density at radius 3 is 2.52 bits per heavy atom. The molecule has 1 aromatic carbocycles. The summed E-state index contributed by atoms with van der Waals surface area (Å²) in [6.07, 6.45) is 4.99. The molecule has 0 fully saturated rings. The lowest BCUT2D eigenvalue weighted by molar-refractivity contribution is -0.385. The van der Waals surface area contributed by atoms with Crippen LogP contribution in [0.2, 0.25) is 0 Å². The molecule has 1 unspecified atom stereocenters. The molecule has 1 aliphatic rings. The van der Waals surface area contributed by atoms with Crippen molar-refractivity contribution in [2.45, 2.75) is 25.7 Å². The van der Waals surface area contributed by atoms with E-state index in [0.29, 0.717) is 10.4 Å². The average molecular weight is 314 g/mol. The number of aliphatic carboxylic acids is 1. The van der Waals surface area contributed by atoms with E-state index in [9.17, 15) is 15.1 Å². The highest BCUT2D eigenvalue weighted by Crippen LogP contribution is 2.39. The second kappa shape index (κ2) is 6.69. The number of benzene rings is 1. The van der Waals surface area contributed by atoms with E-state index >= 15 is 0 Å². The van der Waals surface area contributed by atoms with Gasteiger partial charge in [0.05, 0.1) is 0 Å². The van der Waals surface area contributed by atoms with E-state index in [1.807, 2.05) is 38.1 Å². The first kappa shape index (κ1) is 16.8. The minimum Gasteiger partial charge on any atom is -0.619 e. The summed E-state index contributed by atoms with van der Waals surface area (Å²) in [6.45, 7) is 8.97. The van der Waals surface area contributed by atoms with E-state index in [0.717, 1.165) is 24.3 Å². The van der Waals surface area contributed by atoms with Gasteiger partial charge in [0, 0.05) is 24.9 Å². The smallest absolute Gasteiger partial charge is 0.318 e. The summed E-state index contributed by atoms with van der Waals surface area (Å²) in [5.41, 5.74) is 0.861. The minimum atomic E-state index is -1.17. The summed E-state index contributed by atoms with van der Waals surface area (Å²) in [5.74, 6) is -0.926. The highest BCUT2D eigenvalue weighted by atomic mass is 16.5. The number of para-hydroxylation sites is 1. The molecule has 122 valence electrons. The Kier molecular flexibility index (Phi) is 4.89. The van der Waals surface area contributed by atoms with Crippen LogP contribution in [-0.2, 0) is 10.2 Å². The Bertz CT molecular complexity index is 675. The Morgan fingerprint density at radius 2 is 2.04 bits per heavy atom. The van der Waals surface area contributed by atoms with Gasteiger partial charge in [-0.3, -0.25) is 4.79 Å². The topological polar surface area (TPSA) is 66.6 Å². The van der Waals surface area contributed by atoms with Gasteiger partial charge in [-0.1, -0.05) is 24.3 Å². The molecule has 1 N–H and O–H groups in total. The fourth-order valence-corrected chi connectivity index (χ4v) is 2.98. The third-order valence-electron chi connectivity index (χ3n) is 4.33. The van der Waals surface area contributed by atoms with E-state index in [1.54, 1.807) is 12.2 Å². The molecule has 23 heavy (non-hydrogen) atoms. The first-order valence-electron chi connectivity index (χ1n) is 7.71. The zero-order valence-corrected chi connectivity index (χ0v) is 13.5. The zero-order chi connectivity index (χ0) is 17.0. The molecule has 1 aromatic rings. The molecule has 2 rings (SSSR count). The number of hydrogen-bond donors (Lipinski definition) is 1. The quantitative estimate of drug-likeness (QED) is 0.379. The largest absolute Gasteiger partial charge is 0.619 e. The third kappa shape index (κ3) is 2.99. The molecule has 0 radical (unpaired) electrons. The van der Waals surface area contributed by atoms with Crippen LogP contribution in [0, 0.1) is 5.21 Å². The van der Waals surface area contributed by atoms with Gasteiger partial charge in [-0.05, 0) is 38.0 Å². The van der Waals surface area contributed by atoms with Crippen molar-refractivity contribution in [2.75, 3.05) is 18.0 Å². The standard InChI is InChI=1S/C18H22N2O3/c1-4-20(5-2)16-9-7-6-8-15(16)18(17(21)22)12-10-14(11-13-18)19(3)23/h6-12H,3-5,13H2,1-2H3,(H,21,22). The maximum absolute atomic E-state index is 12.1. The number of carboxylic acid groups (broad SMARTS) is 1. The van der Waals surface area contributed by atoms with E-state index in [2.05, 4.69) is 11.6 Å². The van der Waals surface area contributed by atoms with Gasteiger partial charge < -0.3 is 15.2 Å². The predicted octanol–water partition coefficient (Wildman–Crippen LogP) is 2.91.